The highest BCUT2D eigenvalue weighted by atomic mass is 15.0. The summed E-state index contributed by atoms with van der Waals surface area (Å²) in [6, 6.07) is 52.7. The van der Waals surface area contributed by atoms with Gasteiger partial charge in [0.1, 0.15) is 0 Å². The summed E-state index contributed by atoms with van der Waals surface area (Å²) in [6.45, 7) is 4.00. The highest BCUT2D eigenvalue weighted by Gasteiger charge is 2.18. The van der Waals surface area contributed by atoms with Gasteiger partial charge in [-0.1, -0.05) is 141 Å². The molecular weight excluding hydrogens is 585 g/mol. The van der Waals surface area contributed by atoms with Crippen molar-refractivity contribution in [2.75, 3.05) is 0 Å². The van der Waals surface area contributed by atoms with Crippen LogP contribution >= 0.6 is 0 Å². The summed E-state index contributed by atoms with van der Waals surface area (Å²) in [5.74, 6) is 1.92. The van der Waals surface area contributed by atoms with Crippen LogP contribution in [0.1, 0.15) is 13.8 Å². The van der Waals surface area contributed by atoms with E-state index in [1.165, 1.54) is 21.5 Å². The van der Waals surface area contributed by atoms with E-state index in [0.29, 0.717) is 17.5 Å². The normalized spacial score (nSPS) is 11.1. The van der Waals surface area contributed by atoms with Crippen molar-refractivity contribution in [3.63, 3.8) is 0 Å². The molecule has 2 heterocycles. The third-order valence-electron chi connectivity index (χ3n) is 8.76. The summed E-state index contributed by atoms with van der Waals surface area (Å²) in [7, 11) is 0. The van der Waals surface area contributed by atoms with Gasteiger partial charge in [0, 0.05) is 28.5 Å². The Morgan fingerprint density at radius 2 is 0.771 bits per heavy atom. The van der Waals surface area contributed by atoms with Crippen LogP contribution < -0.4 is 0 Å². The van der Waals surface area contributed by atoms with E-state index in [1.54, 1.807) is 0 Å². The first-order valence-corrected chi connectivity index (χ1v) is 16.4. The molecule has 9 rings (SSSR count). The zero-order valence-electron chi connectivity index (χ0n) is 26.8. The van der Waals surface area contributed by atoms with Crippen LogP contribution in [0.3, 0.4) is 0 Å². The predicted octanol–water partition coefficient (Wildman–Crippen LogP) is 11.6. The highest BCUT2D eigenvalue weighted by Crippen LogP contribution is 2.37. The second kappa shape index (κ2) is 12.5. The molecule has 0 atom stereocenters. The molecule has 48 heavy (non-hydrogen) atoms. The van der Waals surface area contributed by atoms with Crippen LogP contribution in [0, 0.1) is 0 Å². The van der Waals surface area contributed by atoms with E-state index in [0.717, 1.165) is 49.5 Å². The van der Waals surface area contributed by atoms with Gasteiger partial charge >= 0.3 is 0 Å². The molecule has 0 aliphatic carbocycles. The summed E-state index contributed by atoms with van der Waals surface area (Å²) in [4.78, 5) is 20.1. The van der Waals surface area contributed by atoms with Crippen molar-refractivity contribution in [2.24, 2.45) is 0 Å². The molecule has 0 bridgehead atoms. The topological polar surface area (TPSA) is 51.6 Å². The molecule has 0 amide bonds. The summed E-state index contributed by atoms with van der Waals surface area (Å²) in [5, 5.41) is 9.29. The predicted molar refractivity (Wildman–Crippen MR) is 201 cm³/mol. The second-order valence-corrected chi connectivity index (χ2v) is 11.5. The maximum atomic E-state index is 5.25. The number of fused-ring (bicyclic) bond motifs is 6. The van der Waals surface area contributed by atoms with Crippen molar-refractivity contribution in [3.8, 4) is 45.4 Å². The molecule has 0 saturated heterocycles. The Kier molecular flexibility index (Phi) is 7.60. The van der Waals surface area contributed by atoms with Crippen LogP contribution in [-0.2, 0) is 0 Å². The summed E-state index contributed by atoms with van der Waals surface area (Å²) in [6.07, 6.45) is 1.82. The zero-order valence-corrected chi connectivity index (χ0v) is 26.8. The molecule has 2 aromatic heterocycles. The van der Waals surface area contributed by atoms with Gasteiger partial charge in [-0.05, 0) is 67.4 Å². The van der Waals surface area contributed by atoms with Crippen molar-refractivity contribution in [3.05, 3.63) is 158 Å². The number of benzene rings is 7. The summed E-state index contributed by atoms with van der Waals surface area (Å²) >= 11 is 0. The standard InChI is InChI=1S/C42H26N4.C2H6/c1-3-13-31-29(11-1)25-37(35-17-7-5-15-33(31)35)41-44-40(28-22-20-27(21-23-28)39-19-9-10-24-43-39)45-42(46-41)38-26-30-12-2-4-14-32(30)34-16-6-8-18-36(34)38;1-2/h1-26H;1-2H3. The number of aromatic nitrogens is 4. The molecule has 0 N–H and O–H groups in total. The zero-order chi connectivity index (χ0) is 32.5. The quantitative estimate of drug-likeness (QED) is 0.185. The average Bonchev–Trinajstić information content (AvgIpc) is 3.18. The lowest BCUT2D eigenvalue weighted by Gasteiger charge is -2.14. The van der Waals surface area contributed by atoms with Crippen molar-refractivity contribution in [1.82, 2.24) is 19.9 Å². The molecule has 228 valence electrons. The number of hydrogen-bond donors (Lipinski definition) is 0. The van der Waals surface area contributed by atoms with Gasteiger partial charge in [0.15, 0.2) is 17.5 Å². The minimum Gasteiger partial charge on any atom is -0.256 e. The second-order valence-electron chi connectivity index (χ2n) is 11.5. The van der Waals surface area contributed by atoms with E-state index in [1.807, 2.05) is 38.2 Å². The largest absolute Gasteiger partial charge is 0.256 e. The van der Waals surface area contributed by atoms with Crippen molar-refractivity contribution >= 4 is 43.1 Å². The first-order chi connectivity index (χ1) is 23.8. The molecule has 9 aromatic rings. The number of rotatable bonds is 4. The van der Waals surface area contributed by atoms with Gasteiger partial charge in [-0.3, -0.25) is 4.98 Å². The van der Waals surface area contributed by atoms with Crippen LogP contribution in [0.25, 0.3) is 88.5 Å². The Labute approximate surface area is 279 Å². The van der Waals surface area contributed by atoms with Gasteiger partial charge in [-0.15, -0.1) is 0 Å². The Morgan fingerprint density at radius 3 is 1.27 bits per heavy atom. The van der Waals surface area contributed by atoms with Gasteiger partial charge in [-0.2, -0.15) is 0 Å². The number of hydrogen-bond acceptors (Lipinski definition) is 4. The third kappa shape index (κ3) is 5.14. The molecular formula is C44H32N4. The lowest BCUT2D eigenvalue weighted by Crippen LogP contribution is -2.01. The Morgan fingerprint density at radius 1 is 0.354 bits per heavy atom. The molecule has 0 fully saturated rings. The lowest BCUT2D eigenvalue weighted by atomic mass is 9.96. The fraction of sp³-hybridized carbons (Fsp3) is 0.0455. The smallest absolute Gasteiger partial charge is 0.164 e. The summed E-state index contributed by atoms with van der Waals surface area (Å²) in [5.41, 5.74) is 4.85. The molecule has 7 aromatic carbocycles. The van der Waals surface area contributed by atoms with Crippen LogP contribution in [0.15, 0.2) is 158 Å². The average molecular weight is 617 g/mol. The van der Waals surface area contributed by atoms with E-state index >= 15 is 0 Å². The van der Waals surface area contributed by atoms with E-state index in [4.69, 9.17) is 15.0 Å². The van der Waals surface area contributed by atoms with Gasteiger partial charge in [0.25, 0.3) is 0 Å². The monoisotopic (exact) mass is 616 g/mol. The van der Waals surface area contributed by atoms with Crippen molar-refractivity contribution in [1.29, 1.82) is 0 Å². The lowest BCUT2D eigenvalue weighted by molar-refractivity contribution is 1.08. The van der Waals surface area contributed by atoms with E-state index in [9.17, 15) is 0 Å². The van der Waals surface area contributed by atoms with Gasteiger partial charge in [0.2, 0.25) is 0 Å². The third-order valence-corrected chi connectivity index (χ3v) is 8.76. The molecule has 0 aliphatic rings. The first-order valence-electron chi connectivity index (χ1n) is 16.4. The Bertz CT molecular complexity index is 2440. The van der Waals surface area contributed by atoms with E-state index < -0.39 is 0 Å². The molecule has 4 nitrogen and oxygen atoms in total. The fourth-order valence-corrected chi connectivity index (χ4v) is 6.55. The fourth-order valence-electron chi connectivity index (χ4n) is 6.55. The first kappa shape index (κ1) is 29.2. The van der Waals surface area contributed by atoms with Crippen LogP contribution in [-0.4, -0.2) is 19.9 Å². The highest BCUT2D eigenvalue weighted by molar-refractivity contribution is 6.14. The van der Waals surface area contributed by atoms with Gasteiger partial charge in [0.05, 0.1) is 5.69 Å². The van der Waals surface area contributed by atoms with Crippen molar-refractivity contribution in [2.45, 2.75) is 13.8 Å². The molecule has 0 spiro atoms. The number of nitrogens with zero attached hydrogens (tertiary/aromatic N) is 4. The van der Waals surface area contributed by atoms with Crippen LogP contribution in [0.4, 0.5) is 0 Å². The summed E-state index contributed by atoms with van der Waals surface area (Å²) < 4.78 is 0. The maximum absolute atomic E-state index is 5.25. The SMILES string of the molecule is CC.c1ccc(-c2ccc(-c3nc(-c4cc5ccccc5c5ccccc45)nc(-c4cc5ccccc5c5ccccc45)n3)cc2)nc1. The Balaban J connectivity index is 0.00000165. The molecule has 4 heteroatoms. The van der Waals surface area contributed by atoms with Crippen LogP contribution in [0.5, 0.6) is 0 Å². The van der Waals surface area contributed by atoms with E-state index in [-0.39, 0.29) is 0 Å². The Hall–Kier alpha value is -6.26. The minimum atomic E-state index is 0.627. The number of pyridine rings is 1. The molecule has 0 aliphatic heterocycles. The van der Waals surface area contributed by atoms with Gasteiger partial charge < -0.3 is 0 Å². The van der Waals surface area contributed by atoms with Crippen molar-refractivity contribution < 1.29 is 0 Å². The van der Waals surface area contributed by atoms with Crippen LogP contribution in [0.2, 0.25) is 0 Å². The molecule has 0 unspecified atom stereocenters. The maximum Gasteiger partial charge on any atom is 0.164 e. The van der Waals surface area contributed by atoms with Gasteiger partial charge in [-0.25, -0.2) is 15.0 Å². The molecule has 0 radical (unpaired) electrons. The molecule has 0 saturated carbocycles. The minimum absolute atomic E-state index is 0.627. The van der Waals surface area contributed by atoms with E-state index in [2.05, 4.69) is 138 Å².